The lowest BCUT2D eigenvalue weighted by molar-refractivity contribution is 0.100. The van der Waals surface area contributed by atoms with Gasteiger partial charge in [0.15, 0.2) is 0 Å². The van der Waals surface area contributed by atoms with Crippen LogP contribution < -0.4 is 21.3 Å². The molecule has 1 aromatic heterocycles. The predicted octanol–water partition coefficient (Wildman–Crippen LogP) is 4.24. The molecule has 0 aliphatic heterocycles. The fourth-order valence-electron chi connectivity index (χ4n) is 2.98. The number of benzene rings is 2. The molecule has 0 fully saturated rings. The Morgan fingerprint density at radius 2 is 1.93 bits per heavy atom. The number of fused-ring (bicyclic) bond motifs is 1. The van der Waals surface area contributed by atoms with Crippen molar-refractivity contribution >= 4 is 34.1 Å². The molecule has 0 bridgehead atoms. The Balaban J connectivity index is 1.94. The zero-order chi connectivity index (χ0) is 20.4. The standard InChI is InChI=1S/C21H22ClN3O3/c1-11(2)28-19-10-18-14(9-17(19)22)8-16(21(27)25-18)12(3)24-15-6-4-5-13(7-15)20(23)26/h4-12,24H,1-3H3,(H2,23,26)(H,25,27). The van der Waals surface area contributed by atoms with E-state index in [1.54, 1.807) is 36.4 Å². The Morgan fingerprint density at radius 3 is 2.61 bits per heavy atom. The summed E-state index contributed by atoms with van der Waals surface area (Å²) in [4.78, 5) is 26.9. The third-order valence-corrected chi connectivity index (χ3v) is 4.58. The second-order valence-corrected chi connectivity index (χ2v) is 7.31. The third-order valence-electron chi connectivity index (χ3n) is 4.28. The number of aromatic amines is 1. The van der Waals surface area contributed by atoms with Gasteiger partial charge < -0.3 is 20.8 Å². The van der Waals surface area contributed by atoms with Crippen LogP contribution >= 0.6 is 11.6 Å². The van der Waals surface area contributed by atoms with Crippen molar-refractivity contribution in [3.63, 3.8) is 0 Å². The maximum atomic E-state index is 12.6. The molecular weight excluding hydrogens is 378 g/mol. The minimum Gasteiger partial charge on any atom is -0.489 e. The molecule has 1 amide bonds. The quantitative estimate of drug-likeness (QED) is 0.577. The zero-order valence-electron chi connectivity index (χ0n) is 15.9. The summed E-state index contributed by atoms with van der Waals surface area (Å²) >= 11 is 6.32. The fraction of sp³-hybridized carbons (Fsp3) is 0.238. The zero-order valence-corrected chi connectivity index (χ0v) is 16.6. The summed E-state index contributed by atoms with van der Waals surface area (Å²) in [5.41, 5.74) is 7.40. The number of amides is 1. The molecule has 3 aromatic rings. The van der Waals surface area contributed by atoms with Crippen LogP contribution in [0.4, 0.5) is 5.69 Å². The molecule has 28 heavy (non-hydrogen) atoms. The van der Waals surface area contributed by atoms with Crippen molar-refractivity contribution in [1.29, 1.82) is 0 Å². The average molecular weight is 400 g/mol. The number of aromatic nitrogens is 1. The molecule has 1 unspecified atom stereocenters. The Kier molecular flexibility index (Phi) is 5.61. The molecule has 0 aliphatic rings. The van der Waals surface area contributed by atoms with E-state index < -0.39 is 5.91 Å². The minimum absolute atomic E-state index is 0.0265. The first-order chi connectivity index (χ1) is 13.2. The molecular formula is C21H22ClN3O3. The van der Waals surface area contributed by atoms with Crippen molar-refractivity contribution in [2.45, 2.75) is 32.9 Å². The summed E-state index contributed by atoms with van der Waals surface area (Å²) < 4.78 is 5.68. The van der Waals surface area contributed by atoms with Gasteiger partial charge in [0.2, 0.25) is 5.91 Å². The number of hydrogen-bond acceptors (Lipinski definition) is 4. The van der Waals surface area contributed by atoms with E-state index in [1.807, 2.05) is 26.8 Å². The molecule has 0 aliphatic carbocycles. The highest BCUT2D eigenvalue weighted by atomic mass is 35.5. The summed E-state index contributed by atoms with van der Waals surface area (Å²) in [6, 6.07) is 11.8. The van der Waals surface area contributed by atoms with E-state index in [9.17, 15) is 9.59 Å². The van der Waals surface area contributed by atoms with Gasteiger partial charge in [-0.15, -0.1) is 0 Å². The maximum Gasteiger partial charge on any atom is 0.253 e. The van der Waals surface area contributed by atoms with Crippen molar-refractivity contribution < 1.29 is 9.53 Å². The molecule has 3 rings (SSSR count). The lowest BCUT2D eigenvalue weighted by atomic mass is 10.1. The highest BCUT2D eigenvalue weighted by Gasteiger charge is 2.14. The number of anilines is 1. The number of nitrogens with one attached hydrogen (secondary N) is 2. The number of H-pyrrole nitrogens is 1. The Hall–Kier alpha value is -2.99. The first-order valence-electron chi connectivity index (χ1n) is 8.94. The van der Waals surface area contributed by atoms with Crippen LogP contribution in [0.3, 0.4) is 0 Å². The predicted molar refractivity (Wildman–Crippen MR) is 112 cm³/mol. The first-order valence-corrected chi connectivity index (χ1v) is 9.32. The molecule has 6 nitrogen and oxygen atoms in total. The summed E-state index contributed by atoms with van der Waals surface area (Å²) in [5, 5.41) is 4.51. The molecule has 0 saturated heterocycles. The van der Waals surface area contributed by atoms with Crippen LogP contribution in [0.1, 0.15) is 42.7 Å². The van der Waals surface area contributed by atoms with Gasteiger partial charge in [0, 0.05) is 28.3 Å². The maximum absolute atomic E-state index is 12.6. The van der Waals surface area contributed by atoms with Gasteiger partial charge in [0.05, 0.1) is 22.7 Å². The Morgan fingerprint density at radius 1 is 1.18 bits per heavy atom. The van der Waals surface area contributed by atoms with Crippen LogP contribution in [0.2, 0.25) is 5.02 Å². The monoisotopic (exact) mass is 399 g/mol. The lowest BCUT2D eigenvalue weighted by Crippen LogP contribution is -2.20. The molecule has 146 valence electrons. The number of halogens is 1. The van der Waals surface area contributed by atoms with Gasteiger partial charge in [0.1, 0.15) is 5.75 Å². The number of carbonyl (C=O) groups excluding carboxylic acids is 1. The minimum atomic E-state index is -0.506. The van der Waals surface area contributed by atoms with Gasteiger partial charge in [-0.1, -0.05) is 17.7 Å². The summed E-state index contributed by atoms with van der Waals surface area (Å²) in [7, 11) is 0. The molecule has 4 N–H and O–H groups in total. The smallest absolute Gasteiger partial charge is 0.253 e. The number of hydrogen-bond donors (Lipinski definition) is 3. The van der Waals surface area contributed by atoms with Gasteiger partial charge >= 0.3 is 0 Å². The number of nitrogens with two attached hydrogens (primary N) is 1. The van der Waals surface area contributed by atoms with E-state index in [4.69, 9.17) is 22.1 Å². The number of ether oxygens (including phenoxy) is 1. The first kappa shape index (κ1) is 19.8. The van der Waals surface area contributed by atoms with Gasteiger partial charge in [0.25, 0.3) is 5.56 Å². The number of rotatable bonds is 6. The average Bonchev–Trinajstić information content (AvgIpc) is 2.62. The molecule has 2 aromatic carbocycles. The van der Waals surface area contributed by atoms with Crippen molar-refractivity contribution in [1.82, 2.24) is 4.98 Å². The van der Waals surface area contributed by atoms with Crippen LogP contribution in [0.15, 0.2) is 47.3 Å². The normalized spacial score (nSPS) is 12.2. The van der Waals surface area contributed by atoms with E-state index in [0.29, 0.717) is 33.1 Å². The number of pyridine rings is 1. The van der Waals surface area contributed by atoms with Crippen LogP contribution in [0, 0.1) is 0 Å². The molecule has 1 atom stereocenters. The fourth-order valence-corrected chi connectivity index (χ4v) is 3.20. The van der Waals surface area contributed by atoms with Crippen molar-refractivity contribution in [3.05, 3.63) is 69.0 Å². The highest BCUT2D eigenvalue weighted by Crippen LogP contribution is 2.30. The highest BCUT2D eigenvalue weighted by molar-refractivity contribution is 6.32. The van der Waals surface area contributed by atoms with Crippen molar-refractivity contribution in [2.75, 3.05) is 5.32 Å². The molecule has 0 saturated carbocycles. The molecule has 0 radical (unpaired) electrons. The largest absolute Gasteiger partial charge is 0.489 e. The van der Waals surface area contributed by atoms with Gasteiger partial charge in [-0.25, -0.2) is 0 Å². The van der Waals surface area contributed by atoms with Crippen molar-refractivity contribution in [2.24, 2.45) is 5.73 Å². The number of carbonyl (C=O) groups is 1. The third kappa shape index (κ3) is 4.28. The molecule has 0 spiro atoms. The van der Waals surface area contributed by atoms with E-state index in [1.165, 1.54) is 0 Å². The van der Waals surface area contributed by atoms with Gasteiger partial charge in [-0.3, -0.25) is 9.59 Å². The Bertz CT molecular complexity index is 1090. The lowest BCUT2D eigenvalue weighted by Gasteiger charge is -2.17. The van der Waals surface area contributed by atoms with Crippen molar-refractivity contribution in [3.8, 4) is 5.75 Å². The summed E-state index contributed by atoms with van der Waals surface area (Å²) in [5.74, 6) is 0.0240. The second kappa shape index (κ2) is 7.94. The SMILES string of the molecule is CC(C)Oc1cc2[nH]c(=O)c(C(C)Nc3cccc(C(N)=O)c3)cc2cc1Cl. The van der Waals surface area contributed by atoms with E-state index in [2.05, 4.69) is 10.3 Å². The van der Waals surface area contributed by atoms with E-state index in [0.717, 1.165) is 5.39 Å². The summed E-state index contributed by atoms with van der Waals surface area (Å²) in [6.45, 7) is 5.69. The topological polar surface area (TPSA) is 97.2 Å². The van der Waals surface area contributed by atoms with Gasteiger partial charge in [-0.05, 0) is 51.1 Å². The molecule has 7 heteroatoms. The van der Waals surface area contributed by atoms with Crippen LogP contribution in [-0.2, 0) is 0 Å². The summed E-state index contributed by atoms with van der Waals surface area (Å²) in [6.07, 6.45) is -0.0265. The van der Waals surface area contributed by atoms with E-state index in [-0.39, 0.29) is 17.7 Å². The van der Waals surface area contributed by atoms with Crippen LogP contribution in [0.25, 0.3) is 10.9 Å². The van der Waals surface area contributed by atoms with Crippen LogP contribution in [0.5, 0.6) is 5.75 Å². The second-order valence-electron chi connectivity index (χ2n) is 6.90. The Labute approximate surface area is 167 Å². The van der Waals surface area contributed by atoms with E-state index >= 15 is 0 Å². The van der Waals surface area contributed by atoms with Crippen LogP contribution in [-0.4, -0.2) is 17.0 Å². The van der Waals surface area contributed by atoms with Gasteiger partial charge in [-0.2, -0.15) is 0 Å². The molecule has 1 heterocycles. The number of primary amides is 1.